The van der Waals surface area contributed by atoms with E-state index in [9.17, 15) is 15.0 Å². The summed E-state index contributed by atoms with van der Waals surface area (Å²) in [4.78, 5) is 12.5. The predicted octanol–water partition coefficient (Wildman–Crippen LogP) is 18.9. The zero-order valence-corrected chi connectivity index (χ0v) is 43.7. The second-order valence-electron chi connectivity index (χ2n) is 19.0. The maximum atomic E-state index is 12.5. The SMILES string of the molecule is CC/C=C\C/C=C\C/C=C\C/C=C\C/C=C\C/C=C\CCCCCCCCCCCCCCC(=O)NC(CO)C(O)/C=C/CC/C=C/CCCCCCCCCCCCCCCCCCC. The van der Waals surface area contributed by atoms with Crippen LogP contribution in [0.25, 0.3) is 0 Å². The Kier molecular flexibility index (Phi) is 54.3. The number of rotatable bonds is 51. The van der Waals surface area contributed by atoms with Gasteiger partial charge in [0.15, 0.2) is 0 Å². The number of amides is 1. The van der Waals surface area contributed by atoms with Gasteiger partial charge >= 0.3 is 0 Å². The molecule has 0 fully saturated rings. The molecule has 0 bridgehead atoms. The van der Waals surface area contributed by atoms with Gasteiger partial charge in [0.25, 0.3) is 0 Å². The molecule has 3 N–H and O–H groups in total. The molecule has 0 spiro atoms. The fourth-order valence-electron chi connectivity index (χ4n) is 8.26. The Morgan fingerprint density at radius 1 is 0.379 bits per heavy atom. The van der Waals surface area contributed by atoms with Crippen molar-refractivity contribution in [3.05, 3.63) is 97.2 Å². The van der Waals surface area contributed by atoms with Crippen LogP contribution in [0.4, 0.5) is 0 Å². The smallest absolute Gasteiger partial charge is 0.220 e. The Bertz CT molecular complexity index is 1220. The van der Waals surface area contributed by atoms with Crippen molar-refractivity contribution in [2.24, 2.45) is 0 Å². The van der Waals surface area contributed by atoms with Crippen LogP contribution < -0.4 is 5.32 Å². The summed E-state index contributed by atoms with van der Waals surface area (Å²) >= 11 is 0. The first-order chi connectivity index (χ1) is 32.7. The Balaban J connectivity index is 3.58. The number of nitrogens with one attached hydrogen (secondary N) is 1. The lowest BCUT2D eigenvalue weighted by Gasteiger charge is -2.19. The van der Waals surface area contributed by atoms with E-state index in [0.29, 0.717) is 6.42 Å². The summed E-state index contributed by atoms with van der Waals surface area (Å²) in [5.74, 6) is -0.0776. The van der Waals surface area contributed by atoms with E-state index in [1.54, 1.807) is 6.08 Å². The van der Waals surface area contributed by atoms with Crippen molar-refractivity contribution < 1.29 is 15.0 Å². The van der Waals surface area contributed by atoms with Gasteiger partial charge in [-0.15, -0.1) is 0 Å². The van der Waals surface area contributed by atoms with Crippen LogP contribution in [0.15, 0.2) is 97.2 Å². The Labute approximate surface area is 411 Å². The van der Waals surface area contributed by atoms with Gasteiger partial charge in [-0.25, -0.2) is 0 Å². The van der Waals surface area contributed by atoms with E-state index in [1.165, 1.54) is 180 Å². The number of carbonyl (C=O) groups is 1. The average molecular weight is 917 g/mol. The maximum absolute atomic E-state index is 12.5. The van der Waals surface area contributed by atoms with Crippen LogP contribution >= 0.6 is 0 Å². The van der Waals surface area contributed by atoms with Gasteiger partial charge in [0, 0.05) is 6.42 Å². The van der Waals surface area contributed by atoms with E-state index >= 15 is 0 Å². The first-order valence-corrected chi connectivity index (χ1v) is 28.5. The van der Waals surface area contributed by atoms with Crippen molar-refractivity contribution in [2.45, 2.75) is 283 Å². The monoisotopic (exact) mass is 916 g/mol. The van der Waals surface area contributed by atoms with Crippen LogP contribution in [0.2, 0.25) is 0 Å². The molecule has 0 radical (unpaired) electrons. The van der Waals surface area contributed by atoms with Gasteiger partial charge in [-0.2, -0.15) is 0 Å². The van der Waals surface area contributed by atoms with Gasteiger partial charge in [-0.05, 0) is 83.5 Å². The van der Waals surface area contributed by atoms with Crippen molar-refractivity contribution in [3.8, 4) is 0 Å². The van der Waals surface area contributed by atoms with E-state index in [4.69, 9.17) is 0 Å². The van der Waals surface area contributed by atoms with Crippen LogP contribution in [0, 0.1) is 0 Å². The molecular formula is C62H109NO3. The zero-order valence-electron chi connectivity index (χ0n) is 43.7. The van der Waals surface area contributed by atoms with E-state index in [0.717, 1.165) is 70.6 Å². The molecule has 0 aliphatic rings. The number of allylic oxidation sites excluding steroid dienone is 15. The third-order valence-electron chi connectivity index (χ3n) is 12.6. The van der Waals surface area contributed by atoms with Crippen molar-refractivity contribution in [1.29, 1.82) is 0 Å². The first-order valence-electron chi connectivity index (χ1n) is 28.5. The van der Waals surface area contributed by atoms with Crippen LogP contribution in [-0.2, 0) is 4.79 Å². The molecule has 2 unspecified atom stereocenters. The molecule has 0 aromatic carbocycles. The predicted molar refractivity (Wildman–Crippen MR) is 294 cm³/mol. The van der Waals surface area contributed by atoms with Gasteiger partial charge in [0.05, 0.1) is 18.8 Å². The summed E-state index contributed by atoms with van der Waals surface area (Å²) in [7, 11) is 0. The van der Waals surface area contributed by atoms with E-state index in [2.05, 4.69) is 104 Å². The highest BCUT2D eigenvalue weighted by Gasteiger charge is 2.18. The third-order valence-corrected chi connectivity index (χ3v) is 12.6. The molecule has 380 valence electrons. The quantitative estimate of drug-likeness (QED) is 0.0421. The van der Waals surface area contributed by atoms with Gasteiger partial charge in [0.2, 0.25) is 5.91 Å². The van der Waals surface area contributed by atoms with Crippen LogP contribution in [0.1, 0.15) is 271 Å². The number of hydrogen-bond acceptors (Lipinski definition) is 3. The average Bonchev–Trinajstić information content (AvgIpc) is 3.32. The number of carbonyl (C=O) groups excluding carboxylic acids is 1. The lowest BCUT2D eigenvalue weighted by Crippen LogP contribution is -2.45. The molecule has 0 rings (SSSR count). The lowest BCUT2D eigenvalue weighted by atomic mass is 10.0. The molecule has 0 aromatic rings. The number of aliphatic hydroxyl groups is 2. The standard InChI is InChI=1S/C62H109NO3/c1-3-5-7-9-11-13-15-17-19-21-23-25-27-28-29-30-31-32-33-34-36-38-40-42-44-46-48-50-52-54-56-58-62(66)63-60(59-64)61(65)57-55-53-51-49-47-45-43-41-39-37-35-26-24-22-20-18-16-14-12-10-8-6-4-2/h5,7,11,13,17,19,23,25,28-29,31-32,47,49,55,57,60-61,64-65H,3-4,6,8-10,12,14-16,18,20-22,24,26-27,30,33-46,48,50-54,56,58-59H2,1-2H3,(H,63,66)/b7-5-,13-11-,19-17-,25-23-,29-28-,32-31-,49-47+,57-55+. The lowest BCUT2D eigenvalue weighted by molar-refractivity contribution is -0.123. The topological polar surface area (TPSA) is 69.6 Å². The molecule has 4 nitrogen and oxygen atoms in total. The molecule has 2 atom stereocenters. The van der Waals surface area contributed by atoms with Crippen molar-refractivity contribution >= 4 is 5.91 Å². The summed E-state index contributed by atoms with van der Waals surface area (Å²) in [6.07, 6.45) is 84.2. The Hall–Kier alpha value is -2.69. The van der Waals surface area contributed by atoms with Crippen LogP contribution in [0.5, 0.6) is 0 Å². The molecule has 1 amide bonds. The minimum Gasteiger partial charge on any atom is -0.394 e. The second kappa shape index (κ2) is 56.6. The van der Waals surface area contributed by atoms with E-state index in [1.807, 2.05) is 6.08 Å². The second-order valence-corrected chi connectivity index (χ2v) is 19.0. The Morgan fingerprint density at radius 2 is 0.682 bits per heavy atom. The number of hydrogen-bond donors (Lipinski definition) is 3. The number of aliphatic hydroxyl groups excluding tert-OH is 2. The fourth-order valence-corrected chi connectivity index (χ4v) is 8.26. The highest BCUT2D eigenvalue weighted by atomic mass is 16.3. The summed E-state index contributed by atoms with van der Waals surface area (Å²) in [5.41, 5.74) is 0. The minimum absolute atomic E-state index is 0.0776. The van der Waals surface area contributed by atoms with Gasteiger partial charge < -0.3 is 15.5 Å². The minimum atomic E-state index is -0.869. The molecular weight excluding hydrogens is 807 g/mol. The van der Waals surface area contributed by atoms with Gasteiger partial charge in [-0.3, -0.25) is 4.79 Å². The summed E-state index contributed by atoms with van der Waals surface area (Å²) in [5, 5.41) is 23.2. The summed E-state index contributed by atoms with van der Waals surface area (Å²) < 4.78 is 0. The molecule has 0 aliphatic heterocycles. The summed E-state index contributed by atoms with van der Waals surface area (Å²) in [6.45, 7) is 4.20. The summed E-state index contributed by atoms with van der Waals surface area (Å²) in [6, 6.07) is -0.647. The van der Waals surface area contributed by atoms with E-state index < -0.39 is 12.1 Å². The maximum Gasteiger partial charge on any atom is 0.220 e. The third kappa shape index (κ3) is 52.3. The van der Waals surface area contributed by atoms with Gasteiger partial charge in [-0.1, -0.05) is 278 Å². The highest BCUT2D eigenvalue weighted by molar-refractivity contribution is 5.76. The number of unbranched alkanes of at least 4 members (excludes halogenated alkanes) is 30. The van der Waals surface area contributed by atoms with Gasteiger partial charge in [0.1, 0.15) is 0 Å². The van der Waals surface area contributed by atoms with Crippen LogP contribution in [-0.4, -0.2) is 34.9 Å². The fraction of sp³-hybridized carbons (Fsp3) is 0.726. The van der Waals surface area contributed by atoms with Crippen molar-refractivity contribution in [1.82, 2.24) is 5.32 Å². The molecule has 0 aliphatic carbocycles. The molecule has 0 aromatic heterocycles. The van der Waals surface area contributed by atoms with Crippen LogP contribution in [0.3, 0.4) is 0 Å². The van der Waals surface area contributed by atoms with Crippen molar-refractivity contribution in [2.75, 3.05) is 6.61 Å². The molecule has 4 heteroatoms. The molecule has 0 saturated carbocycles. The largest absolute Gasteiger partial charge is 0.394 e. The zero-order chi connectivity index (χ0) is 47.7. The van der Waals surface area contributed by atoms with E-state index in [-0.39, 0.29) is 12.5 Å². The Morgan fingerprint density at radius 3 is 1.06 bits per heavy atom. The normalized spacial score (nSPS) is 13.6. The van der Waals surface area contributed by atoms with Crippen molar-refractivity contribution in [3.63, 3.8) is 0 Å². The molecule has 0 saturated heterocycles. The molecule has 0 heterocycles. The highest BCUT2D eigenvalue weighted by Crippen LogP contribution is 2.16. The first kappa shape index (κ1) is 63.3. The molecule has 66 heavy (non-hydrogen) atoms.